The highest BCUT2D eigenvalue weighted by Gasteiger charge is 2.37. The van der Waals surface area contributed by atoms with E-state index in [9.17, 15) is 9.59 Å². The summed E-state index contributed by atoms with van der Waals surface area (Å²) in [5.74, 6) is -2.53. The molecule has 1 amide bonds. The van der Waals surface area contributed by atoms with Crippen molar-refractivity contribution >= 4 is 29.2 Å². The maximum atomic E-state index is 12.2. The summed E-state index contributed by atoms with van der Waals surface area (Å²) in [6.45, 7) is 0. The van der Waals surface area contributed by atoms with Gasteiger partial charge in [0.1, 0.15) is 6.07 Å². The van der Waals surface area contributed by atoms with Crippen LogP contribution in [0.5, 0.6) is 0 Å². The number of rotatable bonds is 3. The second-order valence-corrected chi connectivity index (χ2v) is 5.21. The van der Waals surface area contributed by atoms with Crippen LogP contribution in [-0.4, -0.2) is 17.0 Å². The topological polar surface area (TPSA) is 90.2 Å². The highest BCUT2D eigenvalue weighted by molar-refractivity contribution is 6.31. The molecule has 1 aromatic carbocycles. The zero-order valence-electron chi connectivity index (χ0n) is 10.6. The molecule has 1 aliphatic carbocycles. The number of hydrogen-bond acceptors (Lipinski definition) is 3. The highest BCUT2D eigenvalue weighted by atomic mass is 35.5. The van der Waals surface area contributed by atoms with Gasteiger partial charge in [-0.25, -0.2) is 0 Å². The lowest BCUT2D eigenvalue weighted by Gasteiger charge is -2.16. The van der Waals surface area contributed by atoms with E-state index in [0.717, 1.165) is 6.42 Å². The normalized spacial score (nSPS) is 21.2. The fraction of sp³-hybridized carbons (Fsp3) is 0.357. The SMILES string of the molecule is N#Cc1ccc(Cl)cc1NC(=O)[C@@H]1CCC[C@@H]1C(=O)O. The molecule has 1 fully saturated rings. The lowest BCUT2D eigenvalue weighted by atomic mass is 9.95. The Morgan fingerprint density at radius 3 is 2.70 bits per heavy atom. The Morgan fingerprint density at radius 1 is 1.35 bits per heavy atom. The zero-order valence-corrected chi connectivity index (χ0v) is 11.4. The van der Waals surface area contributed by atoms with Gasteiger partial charge in [0.25, 0.3) is 0 Å². The van der Waals surface area contributed by atoms with Gasteiger partial charge in [-0.1, -0.05) is 18.0 Å². The van der Waals surface area contributed by atoms with Gasteiger partial charge in [0.2, 0.25) is 5.91 Å². The lowest BCUT2D eigenvalue weighted by molar-refractivity contribution is -0.145. The molecule has 20 heavy (non-hydrogen) atoms. The van der Waals surface area contributed by atoms with E-state index >= 15 is 0 Å². The van der Waals surface area contributed by atoms with E-state index in [0.29, 0.717) is 29.1 Å². The average Bonchev–Trinajstić information content (AvgIpc) is 2.88. The molecule has 1 saturated carbocycles. The number of nitrogens with zero attached hydrogens (tertiary/aromatic N) is 1. The molecule has 5 nitrogen and oxygen atoms in total. The van der Waals surface area contributed by atoms with Crippen molar-refractivity contribution in [3.05, 3.63) is 28.8 Å². The maximum absolute atomic E-state index is 12.2. The standard InChI is InChI=1S/C14H13ClN2O3/c15-9-5-4-8(7-16)12(6-9)17-13(18)10-2-1-3-11(10)14(19)20/h4-6,10-11H,1-3H2,(H,17,18)(H,19,20)/t10-,11+/m1/s1. The number of halogens is 1. The third kappa shape index (κ3) is 2.91. The monoisotopic (exact) mass is 292 g/mol. The highest BCUT2D eigenvalue weighted by Crippen LogP contribution is 2.33. The molecule has 2 N–H and O–H groups in total. The second kappa shape index (κ2) is 5.93. The molecule has 0 aliphatic heterocycles. The molecule has 1 aliphatic rings. The molecule has 0 spiro atoms. The van der Waals surface area contributed by atoms with Gasteiger partial charge >= 0.3 is 5.97 Å². The van der Waals surface area contributed by atoms with Crippen molar-refractivity contribution in [2.24, 2.45) is 11.8 Å². The number of carboxylic acid groups (broad SMARTS) is 1. The molecule has 6 heteroatoms. The van der Waals surface area contributed by atoms with Crippen LogP contribution in [0.15, 0.2) is 18.2 Å². The number of nitrogens with one attached hydrogen (secondary N) is 1. The summed E-state index contributed by atoms with van der Waals surface area (Å²) in [5, 5.41) is 21.1. The molecule has 0 aromatic heterocycles. The van der Waals surface area contributed by atoms with Crippen LogP contribution in [0.25, 0.3) is 0 Å². The van der Waals surface area contributed by atoms with Gasteiger partial charge in [0, 0.05) is 5.02 Å². The summed E-state index contributed by atoms with van der Waals surface area (Å²) in [5.41, 5.74) is 0.619. The van der Waals surface area contributed by atoms with Gasteiger partial charge in [0.05, 0.1) is 23.1 Å². The number of carbonyl (C=O) groups excluding carboxylic acids is 1. The number of carbonyl (C=O) groups is 2. The van der Waals surface area contributed by atoms with Gasteiger partial charge in [-0.3, -0.25) is 9.59 Å². The Morgan fingerprint density at radius 2 is 2.05 bits per heavy atom. The summed E-state index contributed by atoms with van der Waals surface area (Å²) < 4.78 is 0. The first kappa shape index (κ1) is 14.4. The van der Waals surface area contributed by atoms with E-state index in [4.69, 9.17) is 22.0 Å². The van der Waals surface area contributed by atoms with E-state index in [1.54, 1.807) is 6.07 Å². The van der Waals surface area contributed by atoms with Crippen LogP contribution in [0.4, 0.5) is 5.69 Å². The number of hydrogen-bond donors (Lipinski definition) is 2. The van der Waals surface area contributed by atoms with Gasteiger partial charge in [-0.15, -0.1) is 0 Å². The molecule has 104 valence electrons. The molecule has 2 atom stereocenters. The fourth-order valence-corrected chi connectivity index (χ4v) is 2.68. The predicted molar refractivity (Wildman–Crippen MR) is 73.3 cm³/mol. The van der Waals surface area contributed by atoms with E-state index < -0.39 is 17.8 Å². The number of amides is 1. The fourth-order valence-electron chi connectivity index (χ4n) is 2.51. The minimum atomic E-state index is -0.950. The van der Waals surface area contributed by atoms with Gasteiger partial charge in [0.15, 0.2) is 0 Å². The number of carboxylic acids is 1. The molecule has 0 unspecified atom stereocenters. The average molecular weight is 293 g/mol. The van der Waals surface area contributed by atoms with Gasteiger partial charge in [-0.05, 0) is 31.0 Å². The summed E-state index contributed by atoms with van der Waals surface area (Å²) in [6.07, 6.45) is 1.77. The van der Waals surface area contributed by atoms with Gasteiger partial charge < -0.3 is 10.4 Å². The molecular weight excluding hydrogens is 280 g/mol. The van der Waals surface area contributed by atoms with Crippen molar-refractivity contribution in [2.75, 3.05) is 5.32 Å². The van der Waals surface area contributed by atoms with Crippen LogP contribution >= 0.6 is 11.6 Å². The summed E-state index contributed by atoms with van der Waals surface area (Å²) in [6, 6.07) is 6.53. The Labute approximate surface area is 121 Å². The predicted octanol–water partition coefficient (Wildman–Crippen LogP) is 2.65. The van der Waals surface area contributed by atoms with Crippen LogP contribution in [0, 0.1) is 23.2 Å². The van der Waals surface area contributed by atoms with Crippen LogP contribution in [-0.2, 0) is 9.59 Å². The molecule has 0 radical (unpaired) electrons. The molecule has 2 rings (SSSR count). The Bertz CT molecular complexity index is 595. The van der Waals surface area contributed by atoms with Crippen molar-refractivity contribution in [1.29, 1.82) is 5.26 Å². The van der Waals surface area contributed by atoms with E-state index in [1.807, 2.05) is 6.07 Å². The van der Waals surface area contributed by atoms with Crippen LogP contribution in [0.1, 0.15) is 24.8 Å². The zero-order chi connectivity index (χ0) is 14.7. The minimum Gasteiger partial charge on any atom is -0.481 e. The van der Waals surface area contributed by atoms with Crippen molar-refractivity contribution < 1.29 is 14.7 Å². The quantitative estimate of drug-likeness (QED) is 0.896. The smallest absolute Gasteiger partial charge is 0.307 e. The molecule has 0 bridgehead atoms. The second-order valence-electron chi connectivity index (χ2n) is 4.77. The Balaban J connectivity index is 2.18. The molecule has 0 heterocycles. The maximum Gasteiger partial charge on any atom is 0.307 e. The van der Waals surface area contributed by atoms with Gasteiger partial charge in [-0.2, -0.15) is 5.26 Å². The first-order valence-corrected chi connectivity index (χ1v) is 6.64. The molecule has 0 saturated heterocycles. The largest absolute Gasteiger partial charge is 0.481 e. The number of nitriles is 1. The number of anilines is 1. The summed E-state index contributed by atoms with van der Waals surface area (Å²) in [4.78, 5) is 23.3. The Hall–Kier alpha value is -2.06. The van der Waals surface area contributed by atoms with Crippen molar-refractivity contribution in [3.63, 3.8) is 0 Å². The number of aliphatic carboxylic acids is 1. The lowest BCUT2D eigenvalue weighted by Crippen LogP contribution is -2.30. The van der Waals surface area contributed by atoms with E-state index in [-0.39, 0.29) is 5.91 Å². The van der Waals surface area contributed by atoms with E-state index in [1.165, 1.54) is 12.1 Å². The van der Waals surface area contributed by atoms with Crippen molar-refractivity contribution in [1.82, 2.24) is 0 Å². The van der Waals surface area contributed by atoms with Crippen molar-refractivity contribution in [3.8, 4) is 6.07 Å². The Kier molecular flexibility index (Phi) is 4.26. The van der Waals surface area contributed by atoms with Crippen LogP contribution < -0.4 is 5.32 Å². The van der Waals surface area contributed by atoms with E-state index in [2.05, 4.69) is 5.32 Å². The first-order chi connectivity index (χ1) is 9.52. The van der Waals surface area contributed by atoms with Crippen molar-refractivity contribution in [2.45, 2.75) is 19.3 Å². The number of benzene rings is 1. The van der Waals surface area contributed by atoms with Crippen LogP contribution in [0.2, 0.25) is 5.02 Å². The molecular formula is C14H13ClN2O3. The van der Waals surface area contributed by atoms with Crippen LogP contribution in [0.3, 0.4) is 0 Å². The molecule has 1 aromatic rings. The summed E-state index contributed by atoms with van der Waals surface area (Å²) >= 11 is 5.84. The minimum absolute atomic E-state index is 0.299. The summed E-state index contributed by atoms with van der Waals surface area (Å²) in [7, 11) is 0. The third-order valence-electron chi connectivity index (χ3n) is 3.53. The third-order valence-corrected chi connectivity index (χ3v) is 3.76. The first-order valence-electron chi connectivity index (χ1n) is 6.26.